The Balaban J connectivity index is 3.15. The Morgan fingerprint density at radius 1 is 1.00 bits per heavy atom. The van der Waals surface area contributed by atoms with Crippen LogP contribution in [0, 0.1) is 0 Å². The maximum absolute atomic E-state index is 9.25. The zero-order valence-corrected chi connectivity index (χ0v) is 14.6. The molecule has 0 aliphatic rings. The zero-order chi connectivity index (χ0) is 16.5. The molecular formula is C18H31NO2. The third-order valence-electron chi connectivity index (χ3n) is 3.57. The van der Waals surface area contributed by atoms with Crippen LogP contribution in [0.15, 0.2) is 18.2 Å². The van der Waals surface area contributed by atoms with Gasteiger partial charge in [0.25, 0.3) is 0 Å². The molecule has 0 saturated carbocycles. The molecule has 0 aliphatic heterocycles. The van der Waals surface area contributed by atoms with Crippen LogP contribution in [-0.2, 0) is 10.8 Å². The smallest absolute Gasteiger partial charge is 0.123 e. The molecule has 3 heteroatoms. The highest BCUT2D eigenvalue weighted by atomic mass is 16.5. The van der Waals surface area contributed by atoms with Crippen molar-refractivity contribution in [2.45, 2.75) is 64.8 Å². The Morgan fingerprint density at radius 3 is 2.00 bits per heavy atom. The van der Waals surface area contributed by atoms with Crippen molar-refractivity contribution in [3.05, 3.63) is 29.3 Å². The van der Waals surface area contributed by atoms with E-state index < -0.39 is 5.54 Å². The molecule has 0 bridgehead atoms. The molecule has 1 unspecified atom stereocenters. The minimum absolute atomic E-state index is 0.0131. The van der Waals surface area contributed by atoms with Crippen LogP contribution in [-0.4, -0.2) is 23.9 Å². The van der Waals surface area contributed by atoms with Gasteiger partial charge in [0.2, 0.25) is 0 Å². The summed E-state index contributed by atoms with van der Waals surface area (Å²) in [6.07, 6.45) is 0. The Morgan fingerprint density at radius 2 is 1.57 bits per heavy atom. The third-order valence-corrected chi connectivity index (χ3v) is 3.57. The number of hydrogen-bond acceptors (Lipinski definition) is 3. The number of nitrogens with two attached hydrogens (primary N) is 1. The van der Waals surface area contributed by atoms with E-state index >= 15 is 0 Å². The molecule has 1 aromatic rings. The molecule has 3 N–H and O–H groups in total. The number of aliphatic hydroxyl groups is 1. The van der Waals surface area contributed by atoms with Crippen molar-refractivity contribution >= 4 is 0 Å². The van der Waals surface area contributed by atoms with Crippen LogP contribution in [0.4, 0.5) is 0 Å². The summed E-state index contributed by atoms with van der Waals surface area (Å²) in [7, 11) is 0. The lowest BCUT2D eigenvalue weighted by Gasteiger charge is -2.29. The van der Waals surface area contributed by atoms with Crippen molar-refractivity contribution in [3.8, 4) is 5.75 Å². The number of rotatable bonds is 4. The van der Waals surface area contributed by atoms with Crippen LogP contribution in [0.2, 0.25) is 0 Å². The van der Waals surface area contributed by atoms with Gasteiger partial charge in [-0.25, -0.2) is 0 Å². The van der Waals surface area contributed by atoms with E-state index in [1.54, 1.807) is 6.92 Å². The van der Waals surface area contributed by atoms with Gasteiger partial charge in [-0.2, -0.15) is 0 Å². The Labute approximate surface area is 129 Å². The first-order valence-corrected chi connectivity index (χ1v) is 7.54. The standard InChI is InChI=1S/C18H31NO2/c1-16(2,3)13-8-9-15(14(10-13)17(4,5)6)21-12-18(7,19)11-20/h8-10,20H,11-12,19H2,1-7H3. The van der Waals surface area contributed by atoms with Gasteiger partial charge in [-0.1, -0.05) is 53.7 Å². The van der Waals surface area contributed by atoms with Gasteiger partial charge in [0.05, 0.1) is 12.1 Å². The van der Waals surface area contributed by atoms with E-state index in [1.165, 1.54) is 11.1 Å². The van der Waals surface area contributed by atoms with Crippen LogP contribution in [0.5, 0.6) is 5.75 Å². The van der Waals surface area contributed by atoms with Crippen LogP contribution < -0.4 is 10.5 Å². The van der Waals surface area contributed by atoms with Gasteiger partial charge in [0.15, 0.2) is 0 Å². The fraction of sp³-hybridized carbons (Fsp3) is 0.667. The molecule has 0 spiro atoms. The zero-order valence-electron chi connectivity index (χ0n) is 14.6. The van der Waals surface area contributed by atoms with Crippen LogP contribution in [0.3, 0.4) is 0 Å². The number of aliphatic hydroxyl groups excluding tert-OH is 1. The average Bonchev–Trinajstić information content (AvgIpc) is 2.34. The number of hydrogen-bond donors (Lipinski definition) is 2. The molecule has 0 heterocycles. The van der Waals surface area contributed by atoms with Gasteiger partial charge >= 0.3 is 0 Å². The molecule has 0 aliphatic carbocycles. The van der Waals surface area contributed by atoms with Gasteiger partial charge < -0.3 is 15.6 Å². The summed E-state index contributed by atoms with van der Waals surface area (Å²) in [5, 5.41) is 9.25. The van der Waals surface area contributed by atoms with Crippen LogP contribution in [0.25, 0.3) is 0 Å². The lowest BCUT2D eigenvalue weighted by molar-refractivity contribution is 0.144. The molecule has 3 nitrogen and oxygen atoms in total. The molecule has 0 radical (unpaired) electrons. The van der Waals surface area contributed by atoms with E-state index in [9.17, 15) is 5.11 Å². The molecule has 0 amide bonds. The quantitative estimate of drug-likeness (QED) is 0.895. The Hall–Kier alpha value is -1.06. The van der Waals surface area contributed by atoms with Crippen molar-refractivity contribution in [1.82, 2.24) is 0 Å². The summed E-state index contributed by atoms with van der Waals surface area (Å²) < 4.78 is 5.90. The molecule has 0 saturated heterocycles. The highest BCUT2D eigenvalue weighted by Crippen LogP contribution is 2.35. The van der Waals surface area contributed by atoms with Crippen molar-refractivity contribution in [2.75, 3.05) is 13.2 Å². The van der Waals surface area contributed by atoms with E-state index in [1.807, 2.05) is 6.07 Å². The summed E-state index contributed by atoms with van der Waals surface area (Å²) in [4.78, 5) is 0. The first-order chi connectivity index (χ1) is 9.37. The Bertz CT molecular complexity index is 479. The SMILES string of the molecule is CC(N)(CO)COc1ccc(C(C)(C)C)cc1C(C)(C)C. The number of benzene rings is 1. The second-order valence-electron chi connectivity index (χ2n) is 8.31. The first-order valence-electron chi connectivity index (χ1n) is 7.54. The molecular weight excluding hydrogens is 262 g/mol. The summed E-state index contributed by atoms with van der Waals surface area (Å²) >= 11 is 0. The molecule has 1 aromatic carbocycles. The topological polar surface area (TPSA) is 55.5 Å². The van der Waals surface area contributed by atoms with E-state index in [0.29, 0.717) is 6.61 Å². The average molecular weight is 293 g/mol. The van der Waals surface area contributed by atoms with Gasteiger partial charge in [-0.15, -0.1) is 0 Å². The van der Waals surface area contributed by atoms with Gasteiger partial charge in [-0.3, -0.25) is 0 Å². The third kappa shape index (κ3) is 5.01. The molecule has 0 aromatic heterocycles. The predicted octanol–water partition coefficient (Wildman–Crippen LogP) is 3.37. The van der Waals surface area contributed by atoms with Gasteiger partial charge in [0.1, 0.15) is 12.4 Å². The van der Waals surface area contributed by atoms with E-state index in [0.717, 1.165) is 5.75 Å². The largest absolute Gasteiger partial charge is 0.491 e. The first kappa shape index (κ1) is 18.0. The second-order valence-corrected chi connectivity index (χ2v) is 8.31. The highest BCUT2D eigenvalue weighted by molar-refractivity contribution is 5.43. The number of ether oxygens (including phenoxy) is 1. The van der Waals surface area contributed by atoms with Crippen molar-refractivity contribution in [2.24, 2.45) is 5.73 Å². The molecule has 1 rings (SSSR count). The molecule has 0 fully saturated rings. The maximum Gasteiger partial charge on any atom is 0.123 e. The van der Waals surface area contributed by atoms with Crippen LogP contribution in [0.1, 0.15) is 59.6 Å². The normalized spacial score (nSPS) is 15.7. The predicted molar refractivity (Wildman–Crippen MR) is 89.0 cm³/mol. The lowest BCUT2D eigenvalue weighted by atomic mass is 9.80. The van der Waals surface area contributed by atoms with Crippen molar-refractivity contribution in [1.29, 1.82) is 0 Å². The molecule has 120 valence electrons. The molecule has 21 heavy (non-hydrogen) atoms. The summed E-state index contributed by atoms with van der Waals surface area (Å²) in [6, 6.07) is 6.36. The fourth-order valence-corrected chi connectivity index (χ4v) is 2.00. The summed E-state index contributed by atoms with van der Waals surface area (Å²) in [5.74, 6) is 0.848. The van der Waals surface area contributed by atoms with Crippen molar-refractivity contribution in [3.63, 3.8) is 0 Å². The summed E-state index contributed by atoms with van der Waals surface area (Å²) in [6.45, 7) is 15.1. The molecule has 1 atom stereocenters. The monoisotopic (exact) mass is 293 g/mol. The van der Waals surface area contributed by atoms with Crippen molar-refractivity contribution < 1.29 is 9.84 Å². The van der Waals surface area contributed by atoms with E-state index in [4.69, 9.17) is 10.5 Å². The summed E-state index contributed by atoms with van der Waals surface area (Å²) in [5.41, 5.74) is 7.77. The maximum atomic E-state index is 9.25. The van der Waals surface area contributed by atoms with E-state index in [-0.39, 0.29) is 17.4 Å². The van der Waals surface area contributed by atoms with E-state index in [2.05, 4.69) is 53.7 Å². The lowest BCUT2D eigenvalue weighted by Crippen LogP contribution is -2.46. The van der Waals surface area contributed by atoms with Crippen LogP contribution >= 0.6 is 0 Å². The fourth-order valence-electron chi connectivity index (χ4n) is 2.00. The second kappa shape index (κ2) is 5.98. The highest BCUT2D eigenvalue weighted by Gasteiger charge is 2.25. The van der Waals surface area contributed by atoms with Gasteiger partial charge in [0, 0.05) is 0 Å². The van der Waals surface area contributed by atoms with Gasteiger partial charge in [-0.05, 0) is 34.9 Å². The Kier molecular flexibility index (Phi) is 5.12. The minimum Gasteiger partial charge on any atom is -0.491 e. The minimum atomic E-state index is -0.724.